The lowest BCUT2D eigenvalue weighted by Gasteiger charge is -2.39. The number of benzene rings is 2. The van der Waals surface area contributed by atoms with Gasteiger partial charge in [-0.05, 0) is 31.9 Å². The smallest absolute Gasteiger partial charge is 0.308 e. The van der Waals surface area contributed by atoms with Gasteiger partial charge in [-0.3, -0.25) is 28.8 Å². The Hall–Kier alpha value is -5.08. The van der Waals surface area contributed by atoms with Gasteiger partial charge in [-0.25, -0.2) is 0 Å². The molecule has 0 fully saturated rings. The van der Waals surface area contributed by atoms with Gasteiger partial charge in [-0.15, -0.1) is 0 Å². The van der Waals surface area contributed by atoms with Crippen LogP contribution in [0.3, 0.4) is 0 Å². The number of phenolic OH excluding ortho intramolecular Hbond substituents is 3. The van der Waals surface area contributed by atoms with Gasteiger partial charge >= 0.3 is 17.9 Å². The molecule has 256 valence electrons. The largest absolute Gasteiger partial charge is 0.507 e. The summed E-state index contributed by atoms with van der Waals surface area (Å²) in [5.41, 5.74) is -3.27. The molecule has 7 rings (SSSR count). The van der Waals surface area contributed by atoms with E-state index >= 15 is 0 Å². The number of fused-ring (bicyclic) bond motifs is 9. The lowest BCUT2D eigenvalue weighted by molar-refractivity contribution is -0.154. The van der Waals surface area contributed by atoms with Crippen molar-refractivity contribution in [3.63, 3.8) is 0 Å². The van der Waals surface area contributed by atoms with Gasteiger partial charge < -0.3 is 39.4 Å². The van der Waals surface area contributed by atoms with E-state index in [9.17, 15) is 49.2 Å². The predicted octanol–water partition coefficient (Wildman–Crippen LogP) is 3.19. The van der Waals surface area contributed by atoms with Crippen LogP contribution in [0.5, 0.6) is 17.2 Å². The Morgan fingerprint density at radius 3 is 2.16 bits per heavy atom. The molecule has 0 aromatic heterocycles. The fraction of sp³-hybridized carbons (Fsp3) is 0.429. The van der Waals surface area contributed by atoms with Gasteiger partial charge in [0.05, 0.1) is 72.5 Å². The first-order valence-corrected chi connectivity index (χ1v) is 15.8. The van der Waals surface area contributed by atoms with Gasteiger partial charge in [0.1, 0.15) is 17.2 Å². The van der Waals surface area contributed by atoms with E-state index in [0.717, 1.165) is 6.92 Å². The zero-order valence-corrected chi connectivity index (χ0v) is 26.9. The Morgan fingerprint density at radius 2 is 1.51 bits per heavy atom. The molecule has 2 aliphatic heterocycles. The normalized spacial score (nSPS) is 27.8. The van der Waals surface area contributed by atoms with Crippen molar-refractivity contribution in [1.82, 2.24) is 0 Å². The minimum absolute atomic E-state index is 0.00443. The van der Waals surface area contributed by atoms with Crippen LogP contribution in [-0.2, 0) is 45.4 Å². The predicted molar refractivity (Wildman–Crippen MR) is 163 cm³/mol. The Labute approximate surface area is 278 Å². The van der Waals surface area contributed by atoms with Crippen molar-refractivity contribution in [1.29, 1.82) is 0 Å². The van der Waals surface area contributed by atoms with Crippen molar-refractivity contribution in [2.24, 2.45) is 0 Å². The van der Waals surface area contributed by atoms with Crippen molar-refractivity contribution < 1.29 is 68.1 Å². The fourth-order valence-electron chi connectivity index (χ4n) is 8.55. The van der Waals surface area contributed by atoms with E-state index in [0.29, 0.717) is 5.56 Å². The first-order valence-electron chi connectivity index (χ1n) is 15.8. The molecule has 2 bridgehead atoms. The van der Waals surface area contributed by atoms with Crippen molar-refractivity contribution in [2.45, 2.75) is 88.8 Å². The topological polar surface area (TPSA) is 220 Å². The van der Waals surface area contributed by atoms with Crippen molar-refractivity contribution in [2.75, 3.05) is 7.11 Å². The molecule has 6 atom stereocenters. The molecule has 6 unspecified atom stereocenters. The molecule has 0 radical (unpaired) electrons. The average Bonchev–Trinajstić information content (AvgIpc) is 3.32. The Morgan fingerprint density at radius 1 is 0.878 bits per heavy atom. The monoisotopic (exact) mass is 676 g/mol. The molecular formula is C35H32O14. The Kier molecular flexibility index (Phi) is 7.27. The highest BCUT2D eigenvalue weighted by molar-refractivity contribution is 6.30. The molecule has 0 saturated carbocycles. The Balaban J connectivity index is 1.46. The van der Waals surface area contributed by atoms with Crippen LogP contribution in [0.15, 0.2) is 17.2 Å². The molecule has 14 nitrogen and oxygen atoms in total. The number of carbonyl (C=O) groups is 6. The quantitative estimate of drug-likeness (QED) is 0.264. The third-order valence-electron chi connectivity index (χ3n) is 10.3. The number of rotatable bonds is 5. The summed E-state index contributed by atoms with van der Waals surface area (Å²) in [6, 6.07) is 1.54. The van der Waals surface area contributed by atoms with Crippen LogP contribution >= 0.6 is 0 Å². The molecule has 2 heterocycles. The molecule has 2 aromatic rings. The summed E-state index contributed by atoms with van der Waals surface area (Å²) in [7, 11) is 1.24. The number of carbonyl (C=O) groups excluding carboxylic acids is 5. The summed E-state index contributed by atoms with van der Waals surface area (Å²) in [6.45, 7) is 4.21. The SMILES string of the molecule is COC(=O)CC1Cc2cc3c(c(O)c2C(C)O1)C(=O)C1CC3(OC(C)=O)c2c(O)c3c(c(O)c21)C(=O)C1=C(CC(CC(=O)O)OC1C)C3=O. The van der Waals surface area contributed by atoms with E-state index in [1.807, 2.05) is 0 Å². The van der Waals surface area contributed by atoms with Crippen LogP contribution in [0, 0.1) is 0 Å². The molecule has 4 N–H and O–H groups in total. The minimum Gasteiger partial charge on any atom is -0.507 e. The highest BCUT2D eigenvalue weighted by atomic mass is 16.6. The van der Waals surface area contributed by atoms with Crippen molar-refractivity contribution in [3.05, 3.63) is 61.7 Å². The standard InChI is InChI=1S/C35H32O14/c1-11-22-14(5-15(47-11)9-21(39)46-4)6-19-25(31(22)42)30(41)18-10-35(19,49-13(3)36)28-24(18)33(44)27-26(34(28)45)29(40)17-7-16(8-20(37)38)48-12(2)23(17)32(27)43/h6,11-12,15-16,18,42,44-45H,5,7-10H2,1-4H3,(H,37,38). The molecule has 3 aliphatic carbocycles. The molecule has 5 aliphatic rings. The number of aliphatic carboxylic acids is 1. The number of aromatic hydroxyl groups is 3. The van der Waals surface area contributed by atoms with Crippen LogP contribution < -0.4 is 0 Å². The second kappa shape index (κ2) is 11.0. The number of carboxylic acids is 1. The summed E-state index contributed by atoms with van der Waals surface area (Å²) in [4.78, 5) is 78.8. The van der Waals surface area contributed by atoms with Crippen LogP contribution in [-0.4, -0.2) is 81.1 Å². The van der Waals surface area contributed by atoms with Crippen LogP contribution in [0.1, 0.15) is 117 Å². The maximum absolute atomic E-state index is 14.3. The van der Waals surface area contributed by atoms with Gasteiger partial charge in [0.15, 0.2) is 23.0 Å². The summed E-state index contributed by atoms with van der Waals surface area (Å²) >= 11 is 0. The second-order valence-corrected chi connectivity index (χ2v) is 13.1. The van der Waals surface area contributed by atoms with Gasteiger partial charge in [0.25, 0.3) is 0 Å². The van der Waals surface area contributed by atoms with E-state index in [1.54, 1.807) is 13.0 Å². The van der Waals surface area contributed by atoms with E-state index < -0.39 is 106 Å². The zero-order chi connectivity index (χ0) is 35.4. The number of esters is 2. The maximum atomic E-state index is 14.3. The molecule has 14 heteroatoms. The molecule has 0 spiro atoms. The average molecular weight is 677 g/mol. The highest BCUT2D eigenvalue weighted by Gasteiger charge is 2.61. The highest BCUT2D eigenvalue weighted by Crippen LogP contribution is 2.65. The van der Waals surface area contributed by atoms with Crippen LogP contribution in [0.25, 0.3) is 0 Å². The van der Waals surface area contributed by atoms with Gasteiger partial charge in [-0.2, -0.15) is 0 Å². The lowest BCUT2D eigenvalue weighted by Crippen LogP contribution is -2.39. The number of Topliss-reactive ketones (excluding diaryl/α,β-unsaturated/α-hetero) is 3. The number of hydrogen-bond donors (Lipinski definition) is 4. The third kappa shape index (κ3) is 4.46. The van der Waals surface area contributed by atoms with E-state index in [1.165, 1.54) is 14.0 Å². The number of ketones is 3. The minimum atomic E-state index is -2.00. The Bertz CT molecular complexity index is 1990. The van der Waals surface area contributed by atoms with Crippen LogP contribution in [0.4, 0.5) is 0 Å². The maximum Gasteiger partial charge on any atom is 0.308 e. The lowest BCUT2D eigenvalue weighted by atomic mass is 9.73. The van der Waals surface area contributed by atoms with Gasteiger partial charge in [-0.1, -0.05) is 0 Å². The van der Waals surface area contributed by atoms with E-state index in [4.69, 9.17) is 18.9 Å². The first kappa shape index (κ1) is 32.5. The number of methoxy groups -OCH3 is 1. The van der Waals surface area contributed by atoms with Crippen molar-refractivity contribution in [3.8, 4) is 17.2 Å². The van der Waals surface area contributed by atoms with Crippen molar-refractivity contribution >= 4 is 35.3 Å². The number of ether oxygens (including phenoxy) is 4. The molecule has 0 amide bonds. The molecule has 2 aromatic carbocycles. The summed E-state index contributed by atoms with van der Waals surface area (Å²) in [5.74, 6) is -8.24. The molecule has 49 heavy (non-hydrogen) atoms. The van der Waals surface area contributed by atoms with E-state index in [2.05, 4.69) is 0 Å². The molecular weight excluding hydrogens is 644 g/mol. The number of phenols is 3. The molecule has 0 saturated heterocycles. The van der Waals surface area contributed by atoms with Gasteiger partial charge in [0, 0.05) is 47.6 Å². The third-order valence-corrected chi connectivity index (χ3v) is 10.3. The first-order chi connectivity index (χ1) is 23.1. The van der Waals surface area contributed by atoms with Gasteiger partial charge in [0.2, 0.25) is 0 Å². The zero-order valence-electron chi connectivity index (χ0n) is 26.9. The summed E-state index contributed by atoms with van der Waals surface area (Å²) in [6.07, 6.45) is -4.45. The number of carboxylic acid groups (broad SMARTS) is 1. The van der Waals surface area contributed by atoms with Crippen LogP contribution in [0.2, 0.25) is 0 Å². The second-order valence-electron chi connectivity index (χ2n) is 13.1. The summed E-state index contributed by atoms with van der Waals surface area (Å²) in [5, 5.41) is 44.9. The number of hydrogen-bond acceptors (Lipinski definition) is 13. The van der Waals surface area contributed by atoms with E-state index in [-0.39, 0.29) is 64.6 Å². The summed E-state index contributed by atoms with van der Waals surface area (Å²) < 4.78 is 22.4. The fourth-order valence-corrected chi connectivity index (χ4v) is 8.55.